The van der Waals surface area contributed by atoms with Crippen molar-refractivity contribution >= 4 is 5.88 Å². The minimum atomic E-state index is -0.363. The van der Waals surface area contributed by atoms with E-state index in [4.69, 9.17) is 4.42 Å². The molecule has 0 bridgehead atoms. The maximum absolute atomic E-state index is 13.3. The highest BCUT2D eigenvalue weighted by Gasteiger charge is 2.19. The molecule has 0 spiro atoms. The average Bonchev–Trinajstić information content (AvgIpc) is 3.04. The number of likely N-dealkylation sites (tertiary alicyclic amines) is 1. The van der Waals surface area contributed by atoms with Crippen LogP contribution in [0.1, 0.15) is 31.9 Å². The van der Waals surface area contributed by atoms with Crippen LogP contribution in [0.15, 0.2) is 28.7 Å². The molecule has 0 radical (unpaired) electrons. The summed E-state index contributed by atoms with van der Waals surface area (Å²) in [5.41, 5.74) is 0.712. The lowest BCUT2D eigenvalue weighted by molar-refractivity contribution is 0.180. The van der Waals surface area contributed by atoms with E-state index in [9.17, 15) is 9.65 Å². The number of oxazole rings is 1. The van der Waals surface area contributed by atoms with Crippen LogP contribution in [-0.4, -0.2) is 35.6 Å². The van der Waals surface area contributed by atoms with Crippen LogP contribution in [0.3, 0.4) is 0 Å². The molecule has 24 heavy (non-hydrogen) atoms. The van der Waals surface area contributed by atoms with Crippen molar-refractivity contribution in [1.82, 2.24) is 9.88 Å². The molecule has 1 N–H and O–H groups in total. The molecule has 6 heteroatoms. The van der Waals surface area contributed by atoms with Crippen LogP contribution in [0.4, 0.5) is 10.3 Å². The maximum atomic E-state index is 13.3. The highest BCUT2D eigenvalue weighted by Crippen LogP contribution is 2.26. The molecule has 0 amide bonds. The molecule has 1 atom stereocenters. The van der Waals surface area contributed by atoms with Crippen LogP contribution in [-0.2, 0) is 0 Å². The van der Waals surface area contributed by atoms with E-state index >= 15 is 0 Å². The molecule has 2 heterocycles. The van der Waals surface area contributed by atoms with Gasteiger partial charge >= 0.3 is 0 Å². The number of benzene rings is 1. The number of hydrogen-bond acceptors (Lipinski definition) is 5. The van der Waals surface area contributed by atoms with E-state index in [-0.39, 0.29) is 17.4 Å². The second-order valence-electron chi connectivity index (χ2n) is 6.15. The zero-order valence-electron chi connectivity index (χ0n) is 13.8. The van der Waals surface area contributed by atoms with E-state index in [0.29, 0.717) is 24.0 Å². The van der Waals surface area contributed by atoms with Gasteiger partial charge in [0.25, 0.3) is 0 Å². The Kier molecular flexibility index (Phi) is 5.11. The Balaban J connectivity index is 1.70. The lowest BCUT2D eigenvalue weighted by atomic mass is 10.1. The molecule has 0 aliphatic carbocycles. The number of hydrogen-bond donors (Lipinski definition) is 1. The summed E-state index contributed by atoms with van der Waals surface area (Å²) in [5.74, 6) is 0.234. The third kappa shape index (κ3) is 3.74. The normalized spacial score (nSPS) is 16.5. The van der Waals surface area contributed by atoms with Gasteiger partial charge in [0.1, 0.15) is 11.9 Å². The third-order valence-corrected chi connectivity index (χ3v) is 4.38. The van der Waals surface area contributed by atoms with Crippen molar-refractivity contribution < 1.29 is 8.81 Å². The fourth-order valence-electron chi connectivity index (χ4n) is 2.99. The van der Waals surface area contributed by atoms with Crippen molar-refractivity contribution in [2.45, 2.75) is 32.2 Å². The van der Waals surface area contributed by atoms with Crippen LogP contribution in [0.5, 0.6) is 0 Å². The van der Waals surface area contributed by atoms with E-state index in [1.54, 1.807) is 12.1 Å². The molecule has 1 saturated heterocycles. The van der Waals surface area contributed by atoms with Gasteiger partial charge in [-0.3, -0.25) is 4.90 Å². The predicted octanol–water partition coefficient (Wildman–Crippen LogP) is 3.64. The van der Waals surface area contributed by atoms with E-state index in [1.807, 2.05) is 6.07 Å². The molecule has 3 rings (SSSR count). The summed E-state index contributed by atoms with van der Waals surface area (Å²) in [7, 11) is 0. The fourth-order valence-corrected chi connectivity index (χ4v) is 2.99. The number of aromatic nitrogens is 1. The Morgan fingerprint density at radius 2 is 2.17 bits per heavy atom. The zero-order valence-corrected chi connectivity index (χ0v) is 13.8. The van der Waals surface area contributed by atoms with Crippen molar-refractivity contribution in [2.75, 3.05) is 25.0 Å². The first-order chi connectivity index (χ1) is 11.7. The van der Waals surface area contributed by atoms with Crippen molar-refractivity contribution in [3.63, 3.8) is 0 Å². The van der Waals surface area contributed by atoms with Crippen molar-refractivity contribution in [3.8, 4) is 17.5 Å². The van der Waals surface area contributed by atoms with Gasteiger partial charge < -0.3 is 9.73 Å². The largest absolute Gasteiger partial charge is 0.419 e. The maximum Gasteiger partial charge on any atom is 0.232 e. The van der Waals surface area contributed by atoms with Crippen molar-refractivity contribution in [3.05, 3.63) is 35.8 Å². The van der Waals surface area contributed by atoms with Crippen LogP contribution in [0.2, 0.25) is 0 Å². The number of nitrogens with one attached hydrogen (secondary N) is 1. The van der Waals surface area contributed by atoms with Gasteiger partial charge in [0.2, 0.25) is 17.5 Å². The summed E-state index contributed by atoms with van der Waals surface area (Å²) < 4.78 is 19.0. The van der Waals surface area contributed by atoms with Gasteiger partial charge in [-0.05, 0) is 51.1 Å². The molecule has 126 valence electrons. The first-order valence-corrected chi connectivity index (χ1v) is 8.32. The van der Waals surface area contributed by atoms with Gasteiger partial charge in [-0.25, -0.2) is 4.39 Å². The summed E-state index contributed by atoms with van der Waals surface area (Å²) in [6.07, 6.45) is 3.77. The van der Waals surface area contributed by atoms with Crippen molar-refractivity contribution in [1.29, 1.82) is 5.26 Å². The quantitative estimate of drug-likeness (QED) is 0.908. The molecule has 1 aromatic carbocycles. The minimum absolute atomic E-state index is 0.195. The molecule has 1 aliphatic rings. The van der Waals surface area contributed by atoms with E-state index in [1.165, 1.54) is 31.4 Å². The standard InChI is InChI=1S/C18H21FN4O/c1-13(23-8-3-2-4-9-23)12-21-18-16(11-20)22-17(24-18)14-6-5-7-15(19)10-14/h5-7,10,13,21H,2-4,8-9,12H2,1H3/t13-/m0/s1. The molecule has 2 aromatic rings. The van der Waals surface area contributed by atoms with E-state index in [0.717, 1.165) is 13.1 Å². The second kappa shape index (κ2) is 7.45. The Bertz CT molecular complexity index is 731. The number of nitrogens with zero attached hydrogens (tertiary/aromatic N) is 3. The SMILES string of the molecule is C[C@@H](CNc1oc(-c2cccc(F)c2)nc1C#N)N1CCCCC1. The summed E-state index contributed by atoms with van der Waals surface area (Å²) in [6, 6.07) is 8.37. The molecule has 1 aliphatic heterocycles. The molecule has 0 saturated carbocycles. The van der Waals surface area contributed by atoms with E-state index < -0.39 is 0 Å². The number of anilines is 1. The number of halogens is 1. The summed E-state index contributed by atoms with van der Waals surface area (Å²) in [6.45, 7) is 5.05. The molecule has 5 nitrogen and oxygen atoms in total. The third-order valence-electron chi connectivity index (χ3n) is 4.38. The van der Waals surface area contributed by atoms with Crippen LogP contribution in [0, 0.1) is 17.1 Å². The summed E-state index contributed by atoms with van der Waals surface area (Å²) >= 11 is 0. The number of rotatable bonds is 5. The topological polar surface area (TPSA) is 65.1 Å². The molecule has 0 unspecified atom stereocenters. The van der Waals surface area contributed by atoms with Crippen LogP contribution >= 0.6 is 0 Å². The highest BCUT2D eigenvalue weighted by atomic mass is 19.1. The first-order valence-electron chi connectivity index (χ1n) is 8.32. The Labute approximate surface area is 141 Å². The van der Waals surface area contributed by atoms with Gasteiger partial charge in [-0.2, -0.15) is 10.2 Å². The average molecular weight is 328 g/mol. The molecular weight excluding hydrogens is 307 g/mol. The Morgan fingerprint density at radius 3 is 2.88 bits per heavy atom. The van der Waals surface area contributed by atoms with Gasteiger partial charge in [0, 0.05) is 18.2 Å². The smallest absolute Gasteiger partial charge is 0.232 e. The second-order valence-corrected chi connectivity index (χ2v) is 6.15. The Morgan fingerprint density at radius 1 is 1.38 bits per heavy atom. The first kappa shape index (κ1) is 16.5. The number of nitriles is 1. The van der Waals surface area contributed by atoms with Crippen LogP contribution < -0.4 is 5.32 Å². The van der Waals surface area contributed by atoms with Crippen molar-refractivity contribution in [2.24, 2.45) is 0 Å². The number of piperidine rings is 1. The predicted molar refractivity (Wildman–Crippen MR) is 90.0 cm³/mol. The molecule has 1 aromatic heterocycles. The Hall–Kier alpha value is -2.39. The summed E-state index contributed by atoms with van der Waals surface area (Å²) in [5, 5.41) is 12.4. The molecular formula is C18H21FN4O. The van der Waals surface area contributed by atoms with Crippen LogP contribution in [0.25, 0.3) is 11.5 Å². The van der Waals surface area contributed by atoms with E-state index in [2.05, 4.69) is 22.1 Å². The summed E-state index contributed by atoms with van der Waals surface area (Å²) in [4.78, 5) is 6.60. The zero-order chi connectivity index (χ0) is 16.9. The minimum Gasteiger partial charge on any atom is -0.419 e. The monoisotopic (exact) mass is 328 g/mol. The lowest BCUT2D eigenvalue weighted by Crippen LogP contribution is -2.41. The lowest BCUT2D eigenvalue weighted by Gasteiger charge is -2.32. The molecule has 1 fully saturated rings. The van der Waals surface area contributed by atoms with Gasteiger partial charge in [-0.1, -0.05) is 12.5 Å². The van der Waals surface area contributed by atoms with Gasteiger partial charge in [0.05, 0.1) is 0 Å². The fraction of sp³-hybridized carbons (Fsp3) is 0.444. The van der Waals surface area contributed by atoms with Gasteiger partial charge in [0.15, 0.2) is 0 Å². The highest BCUT2D eigenvalue weighted by molar-refractivity contribution is 5.58. The van der Waals surface area contributed by atoms with Gasteiger partial charge in [-0.15, -0.1) is 0 Å².